The van der Waals surface area contributed by atoms with Gasteiger partial charge in [0.1, 0.15) is 17.5 Å². The van der Waals surface area contributed by atoms with Gasteiger partial charge >= 0.3 is 0 Å². The predicted molar refractivity (Wildman–Crippen MR) is 373 cm³/mol. The Morgan fingerprint density at radius 2 is 0.694 bits per heavy atom. The van der Waals surface area contributed by atoms with Crippen LogP contribution in [-0.4, -0.2) is 15.0 Å². The predicted octanol–water partition coefficient (Wildman–Crippen LogP) is 23.0. The Bertz CT molecular complexity index is 4360. The van der Waals surface area contributed by atoms with Gasteiger partial charge in [-0.05, 0) is 178 Å². The van der Waals surface area contributed by atoms with E-state index in [0.717, 1.165) is 45.9 Å². The summed E-state index contributed by atoms with van der Waals surface area (Å²) in [6, 6.07) is 82.1. The van der Waals surface area contributed by atoms with Crippen molar-refractivity contribution >= 4 is 143 Å². The van der Waals surface area contributed by atoms with E-state index >= 15 is 0 Å². The number of hydrogen-bond donors (Lipinski definition) is 1. The number of halogens is 2. The zero-order valence-corrected chi connectivity index (χ0v) is 53.0. The van der Waals surface area contributed by atoms with Gasteiger partial charge in [-0.25, -0.2) is 15.0 Å². The topological polar surface area (TPSA) is 57.2 Å². The van der Waals surface area contributed by atoms with Crippen LogP contribution in [0.1, 0.15) is 79.0 Å². The van der Waals surface area contributed by atoms with E-state index < -0.39 is 0 Å². The maximum atomic E-state index is 4.85. The minimum Gasteiger partial charge on any atom is -0.340 e. The van der Waals surface area contributed by atoms with Crippen LogP contribution in [0.2, 0.25) is 0 Å². The summed E-state index contributed by atoms with van der Waals surface area (Å²) in [6.45, 7) is 20.2. The van der Waals surface area contributed by atoms with E-state index in [0.29, 0.717) is 0 Å². The molecule has 11 aromatic carbocycles. The fraction of sp³-hybridized carbons (Fsp3) is 0.156. The zero-order valence-electron chi connectivity index (χ0n) is 49.7. The molecule has 3 heterocycles. The van der Waals surface area contributed by atoms with Crippen LogP contribution < -0.4 is 15.1 Å². The Balaban J connectivity index is 0.000000173. The SMILES string of the molecule is Br.Brc1ccc2ccc3cccc4ccc1c2c34.CC(C)(C)c1ccc(N(c2ccccn2)c2ccc3ccc4c(N(c5ccc(C(C)(C)C)cc5)c5ccccn5)ccc5ccc2c3c54)cc1.CC(C)(C)c1ccc(Nc2ccccn2)cc1. The molecule has 0 saturated carbocycles. The number of benzene rings is 11. The highest BCUT2D eigenvalue weighted by Crippen LogP contribution is 2.48. The molecule has 0 amide bonds. The lowest BCUT2D eigenvalue weighted by Gasteiger charge is -2.29. The largest absolute Gasteiger partial charge is 0.340 e. The van der Waals surface area contributed by atoms with Gasteiger partial charge in [-0.15, -0.1) is 17.0 Å². The molecule has 1 N–H and O–H groups in total. The molecule has 0 radical (unpaired) electrons. The summed E-state index contributed by atoms with van der Waals surface area (Å²) >= 11 is 3.64. The number of rotatable bonds is 8. The fourth-order valence-electron chi connectivity index (χ4n) is 11.5. The molecule has 0 aliphatic heterocycles. The van der Waals surface area contributed by atoms with Crippen molar-refractivity contribution in [3.8, 4) is 0 Å². The van der Waals surface area contributed by atoms with Gasteiger partial charge in [0.2, 0.25) is 0 Å². The second-order valence-corrected chi connectivity index (χ2v) is 25.7. The molecule has 0 bridgehead atoms. The van der Waals surface area contributed by atoms with Crippen LogP contribution in [0.5, 0.6) is 0 Å². The van der Waals surface area contributed by atoms with Crippen molar-refractivity contribution in [3.05, 3.63) is 270 Å². The average molecular weight is 1240 g/mol. The Morgan fingerprint density at radius 1 is 0.329 bits per heavy atom. The molecule has 0 aliphatic carbocycles. The van der Waals surface area contributed by atoms with Crippen molar-refractivity contribution in [1.82, 2.24) is 15.0 Å². The quantitative estimate of drug-likeness (QED) is 0.153. The smallest absolute Gasteiger partial charge is 0.137 e. The average Bonchev–Trinajstić information content (AvgIpc) is 0.912. The van der Waals surface area contributed by atoms with Crippen molar-refractivity contribution in [2.45, 2.75) is 78.6 Å². The standard InChI is InChI=1S/C46H42N4.C16H9Br.C15H18N2.BrH/c1-45(2,3)33-17-21-35(22-18-33)49(41-11-7-9-29-47-41)39-27-15-31-14-26-38-40(28-16-32-13-25-37(39)43(31)44(32)38)50(42-12-8-10-30-48-42)36-23-19-34(20-24-36)46(4,5)6;17-14-9-7-12-5-4-10-2-1-3-11-6-8-13(14)16(12)15(10)11;1-15(2,3)12-7-9-13(10-8-12)17-14-6-4-5-11-16-14;/h7-30H,1-6H3;1-9H;4-11H,1-3H3,(H,16,17);1H. The summed E-state index contributed by atoms with van der Waals surface area (Å²) in [4.78, 5) is 18.5. The molecule has 85 heavy (non-hydrogen) atoms. The third-order valence-corrected chi connectivity index (χ3v) is 16.7. The maximum Gasteiger partial charge on any atom is 0.137 e. The lowest BCUT2D eigenvalue weighted by molar-refractivity contribution is 0.590. The summed E-state index contributed by atoms with van der Waals surface area (Å²) in [5.74, 6) is 2.63. The lowest BCUT2D eigenvalue weighted by Crippen LogP contribution is -2.14. The van der Waals surface area contributed by atoms with Gasteiger partial charge in [0, 0.05) is 50.9 Å². The lowest BCUT2D eigenvalue weighted by atomic mass is 9.87. The third-order valence-electron chi connectivity index (χ3n) is 16.0. The van der Waals surface area contributed by atoms with Crippen LogP contribution in [0.15, 0.2) is 254 Å². The fourth-order valence-corrected chi connectivity index (χ4v) is 11.9. The minimum absolute atomic E-state index is 0. The molecule has 0 spiro atoms. The number of nitrogens with zero attached hydrogens (tertiary/aromatic N) is 5. The third kappa shape index (κ3) is 11.9. The van der Waals surface area contributed by atoms with Gasteiger partial charge in [-0.2, -0.15) is 0 Å². The monoisotopic (exact) mass is 1240 g/mol. The van der Waals surface area contributed by atoms with Crippen LogP contribution in [0.3, 0.4) is 0 Å². The van der Waals surface area contributed by atoms with E-state index in [9.17, 15) is 0 Å². The van der Waals surface area contributed by atoms with Crippen molar-refractivity contribution in [2.75, 3.05) is 15.1 Å². The molecule has 6 nitrogen and oxygen atoms in total. The van der Waals surface area contributed by atoms with E-state index in [1.807, 2.05) is 42.7 Å². The molecule has 3 aromatic heterocycles. The summed E-state index contributed by atoms with van der Waals surface area (Å²) in [6.07, 6.45) is 5.52. The van der Waals surface area contributed by atoms with Crippen LogP contribution in [0, 0.1) is 0 Å². The van der Waals surface area contributed by atoms with Gasteiger partial charge in [-0.3, -0.25) is 9.80 Å². The van der Waals surface area contributed by atoms with E-state index in [-0.39, 0.29) is 33.2 Å². The highest BCUT2D eigenvalue weighted by molar-refractivity contribution is 9.10. The molecule has 0 saturated heterocycles. The Kier molecular flexibility index (Phi) is 16.2. The molecule has 0 fully saturated rings. The number of anilines is 8. The number of pyridine rings is 3. The number of nitrogens with one attached hydrogen (secondary N) is 1. The maximum absolute atomic E-state index is 4.85. The van der Waals surface area contributed by atoms with Crippen LogP contribution >= 0.6 is 32.9 Å². The van der Waals surface area contributed by atoms with Gasteiger partial charge in [0.05, 0.1) is 11.4 Å². The summed E-state index contributed by atoms with van der Waals surface area (Å²) in [5.41, 5.74) is 9.68. The molecule has 422 valence electrons. The summed E-state index contributed by atoms with van der Waals surface area (Å²) < 4.78 is 1.17. The molecule has 0 atom stereocenters. The molecule has 0 unspecified atom stereocenters. The molecular formula is C77H70Br2N6. The normalized spacial score (nSPS) is 11.8. The van der Waals surface area contributed by atoms with Gasteiger partial charge in [0.25, 0.3) is 0 Å². The Hall–Kier alpha value is -8.69. The first-order valence-electron chi connectivity index (χ1n) is 28.9. The van der Waals surface area contributed by atoms with Crippen LogP contribution in [-0.2, 0) is 16.2 Å². The van der Waals surface area contributed by atoms with Crippen molar-refractivity contribution in [3.63, 3.8) is 0 Å². The van der Waals surface area contributed by atoms with E-state index in [1.54, 1.807) is 6.20 Å². The molecule has 0 aliphatic rings. The molecular weight excluding hydrogens is 1170 g/mol. The highest BCUT2D eigenvalue weighted by Gasteiger charge is 2.24. The number of aromatic nitrogens is 3. The second-order valence-electron chi connectivity index (χ2n) is 24.8. The van der Waals surface area contributed by atoms with Crippen molar-refractivity contribution in [2.24, 2.45) is 0 Å². The van der Waals surface area contributed by atoms with E-state index in [2.05, 4.69) is 299 Å². The first kappa shape index (κ1) is 58.1. The van der Waals surface area contributed by atoms with Gasteiger partial charge in [-0.1, -0.05) is 218 Å². The molecule has 14 aromatic rings. The minimum atomic E-state index is 0. The van der Waals surface area contributed by atoms with E-state index in [4.69, 9.17) is 9.97 Å². The van der Waals surface area contributed by atoms with Gasteiger partial charge < -0.3 is 5.32 Å². The van der Waals surface area contributed by atoms with Crippen LogP contribution in [0.4, 0.5) is 45.9 Å². The summed E-state index contributed by atoms with van der Waals surface area (Å²) in [7, 11) is 0. The zero-order chi connectivity index (χ0) is 58.3. The van der Waals surface area contributed by atoms with Crippen molar-refractivity contribution in [1.29, 1.82) is 0 Å². The summed E-state index contributed by atoms with van der Waals surface area (Å²) in [5, 5.41) is 18.5. The first-order chi connectivity index (χ1) is 40.5. The Labute approximate surface area is 518 Å². The Morgan fingerprint density at radius 3 is 1.11 bits per heavy atom. The second kappa shape index (κ2) is 23.8. The van der Waals surface area contributed by atoms with Crippen LogP contribution in [0.25, 0.3) is 64.6 Å². The molecule has 8 heteroatoms. The number of hydrogen-bond acceptors (Lipinski definition) is 6. The van der Waals surface area contributed by atoms with E-state index in [1.165, 1.54) is 85.8 Å². The molecule has 14 rings (SSSR count). The van der Waals surface area contributed by atoms with Gasteiger partial charge in [0.15, 0.2) is 0 Å². The van der Waals surface area contributed by atoms with Crippen molar-refractivity contribution < 1.29 is 0 Å². The first-order valence-corrected chi connectivity index (χ1v) is 29.7. The highest BCUT2D eigenvalue weighted by atomic mass is 79.9.